The molecule has 0 aromatic rings. The first-order chi connectivity index (χ1) is 8.86. The lowest BCUT2D eigenvalue weighted by Crippen LogP contribution is -2.45. The minimum absolute atomic E-state index is 0.0219. The molecule has 0 aliphatic carbocycles. The second-order valence-corrected chi connectivity index (χ2v) is 4.45. The molecule has 7 nitrogen and oxygen atoms in total. The zero-order valence-electron chi connectivity index (χ0n) is 11.7. The first-order valence-corrected chi connectivity index (χ1v) is 6.36. The molecule has 0 radical (unpaired) electrons. The number of hydrogen-bond acceptors (Lipinski definition) is 4. The normalized spacial score (nSPS) is 10.3. The maximum absolute atomic E-state index is 11.8. The number of aliphatic carboxylic acids is 1. The molecule has 0 heterocycles. The van der Waals surface area contributed by atoms with E-state index in [1.165, 1.54) is 4.90 Å². The summed E-state index contributed by atoms with van der Waals surface area (Å²) in [4.78, 5) is 35.0. The van der Waals surface area contributed by atoms with Gasteiger partial charge in [-0.1, -0.05) is 0 Å². The van der Waals surface area contributed by atoms with Gasteiger partial charge in [0.2, 0.25) is 11.8 Å². The van der Waals surface area contributed by atoms with Gasteiger partial charge in [0, 0.05) is 19.1 Å². The van der Waals surface area contributed by atoms with Gasteiger partial charge in [0.1, 0.15) is 0 Å². The fourth-order valence-electron chi connectivity index (χ4n) is 1.42. The van der Waals surface area contributed by atoms with Crippen molar-refractivity contribution in [2.75, 3.05) is 26.2 Å². The lowest BCUT2D eigenvalue weighted by Gasteiger charge is -2.21. The smallest absolute Gasteiger partial charge is 0.304 e. The van der Waals surface area contributed by atoms with Gasteiger partial charge >= 0.3 is 5.97 Å². The van der Waals surface area contributed by atoms with E-state index in [9.17, 15) is 14.4 Å². The number of carbonyl (C=O) groups excluding carboxylic acids is 2. The average molecular weight is 273 g/mol. The Hall–Kier alpha value is -1.63. The highest BCUT2D eigenvalue weighted by atomic mass is 16.4. The molecule has 0 aliphatic rings. The quantitative estimate of drug-likeness (QED) is 0.488. The van der Waals surface area contributed by atoms with Crippen LogP contribution in [0, 0.1) is 0 Å². The topological polar surface area (TPSA) is 98.7 Å². The SMILES string of the molecule is CCN(CC(=O)NC(C)C)C(=O)CNCCC(=O)O. The Balaban J connectivity index is 4.03. The van der Waals surface area contributed by atoms with E-state index in [4.69, 9.17) is 5.11 Å². The molecule has 0 saturated heterocycles. The number of carboxylic acids is 1. The Labute approximate surface area is 113 Å². The van der Waals surface area contributed by atoms with Crippen LogP contribution in [0.25, 0.3) is 0 Å². The summed E-state index contributed by atoms with van der Waals surface area (Å²) in [5.74, 6) is -1.33. The van der Waals surface area contributed by atoms with Crippen LogP contribution in [0.15, 0.2) is 0 Å². The number of nitrogens with one attached hydrogen (secondary N) is 2. The number of hydrogen-bond donors (Lipinski definition) is 3. The Kier molecular flexibility index (Phi) is 8.52. The van der Waals surface area contributed by atoms with Gasteiger partial charge in [-0.3, -0.25) is 14.4 Å². The third kappa shape index (κ3) is 9.01. The Bertz CT molecular complexity index is 318. The summed E-state index contributed by atoms with van der Waals surface area (Å²) in [7, 11) is 0. The van der Waals surface area contributed by atoms with Gasteiger partial charge in [-0.25, -0.2) is 0 Å². The summed E-state index contributed by atoms with van der Waals surface area (Å²) in [6.45, 7) is 6.22. The zero-order valence-corrected chi connectivity index (χ0v) is 11.7. The number of carbonyl (C=O) groups is 3. The molecule has 0 saturated carbocycles. The van der Waals surface area contributed by atoms with Crippen molar-refractivity contribution in [1.82, 2.24) is 15.5 Å². The molecule has 2 amide bonds. The van der Waals surface area contributed by atoms with E-state index >= 15 is 0 Å². The molecule has 7 heteroatoms. The monoisotopic (exact) mass is 273 g/mol. The molecule has 110 valence electrons. The van der Waals surface area contributed by atoms with Crippen molar-refractivity contribution >= 4 is 17.8 Å². The van der Waals surface area contributed by atoms with Gasteiger partial charge in [0.05, 0.1) is 19.5 Å². The van der Waals surface area contributed by atoms with Crippen LogP contribution in [0.4, 0.5) is 0 Å². The summed E-state index contributed by atoms with van der Waals surface area (Å²) in [5.41, 5.74) is 0. The number of amides is 2. The summed E-state index contributed by atoms with van der Waals surface area (Å²) in [6, 6.07) is 0.0370. The van der Waals surface area contributed by atoms with E-state index in [1.807, 2.05) is 13.8 Å². The molecule has 0 aromatic heterocycles. The van der Waals surface area contributed by atoms with E-state index in [1.54, 1.807) is 6.92 Å². The third-order valence-corrected chi connectivity index (χ3v) is 2.31. The summed E-state index contributed by atoms with van der Waals surface area (Å²) < 4.78 is 0. The van der Waals surface area contributed by atoms with Crippen LogP contribution < -0.4 is 10.6 Å². The van der Waals surface area contributed by atoms with Gasteiger partial charge in [0.15, 0.2) is 0 Å². The maximum atomic E-state index is 11.8. The van der Waals surface area contributed by atoms with Gasteiger partial charge in [0.25, 0.3) is 0 Å². The average Bonchev–Trinajstić information content (AvgIpc) is 2.30. The van der Waals surface area contributed by atoms with Gasteiger partial charge in [-0.15, -0.1) is 0 Å². The fraction of sp³-hybridized carbons (Fsp3) is 0.750. The molecule has 0 rings (SSSR count). The molecule has 0 bridgehead atoms. The van der Waals surface area contributed by atoms with Crippen LogP contribution in [0.5, 0.6) is 0 Å². The summed E-state index contributed by atoms with van der Waals surface area (Å²) in [6.07, 6.45) is -0.0345. The van der Waals surface area contributed by atoms with E-state index in [0.29, 0.717) is 6.54 Å². The number of likely N-dealkylation sites (N-methyl/N-ethyl adjacent to an activating group) is 1. The molecular weight excluding hydrogens is 250 g/mol. The van der Waals surface area contributed by atoms with Crippen molar-refractivity contribution in [1.29, 1.82) is 0 Å². The number of carboxylic acid groups (broad SMARTS) is 1. The van der Waals surface area contributed by atoms with E-state index < -0.39 is 5.97 Å². The van der Waals surface area contributed by atoms with Crippen LogP contribution in [0.3, 0.4) is 0 Å². The standard InChI is InChI=1S/C12H23N3O4/c1-4-15(8-10(16)14-9(2)3)11(17)7-13-6-5-12(18)19/h9,13H,4-8H2,1-3H3,(H,14,16)(H,18,19). The highest BCUT2D eigenvalue weighted by Crippen LogP contribution is 1.90. The first kappa shape index (κ1) is 17.4. The van der Waals surface area contributed by atoms with Crippen molar-refractivity contribution in [2.45, 2.75) is 33.2 Å². The second kappa shape index (κ2) is 9.32. The zero-order chi connectivity index (χ0) is 14.8. The molecular formula is C12H23N3O4. The lowest BCUT2D eigenvalue weighted by molar-refractivity contribution is -0.137. The molecule has 0 spiro atoms. The Morgan fingerprint density at radius 2 is 1.89 bits per heavy atom. The van der Waals surface area contributed by atoms with Crippen LogP contribution in [0.2, 0.25) is 0 Å². The molecule has 0 aliphatic heterocycles. The summed E-state index contributed by atoms with van der Waals surface area (Å²) >= 11 is 0. The van der Waals surface area contributed by atoms with Crippen LogP contribution >= 0.6 is 0 Å². The first-order valence-electron chi connectivity index (χ1n) is 6.36. The predicted octanol–water partition coefficient (Wildman–Crippen LogP) is -0.576. The van der Waals surface area contributed by atoms with Crippen molar-refractivity contribution in [3.8, 4) is 0 Å². The number of rotatable bonds is 9. The Morgan fingerprint density at radius 1 is 1.26 bits per heavy atom. The summed E-state index contributed by atoms with van der Waals surface area (Å²) in [5, 5.41) is 13.9. The van der Waals surface area contributed by atoms with Crippen molar-refractivity contribution in [2.24, 2.45) is 0 Å². The molecule has 0 unspecified atom stereocenters. The van der Waals surface area contributed by atoms with Crippen molar-refractivity contribution in [3.05, 3.63) is 0 Å². The van der Waals surface area contributed by atoms with E-state index in [2.05, 4.69) is 10.6 Å². The molecule has 19 heavy (non-hydrogen) atoms. The molecule has 0 fully saturated rings. The van der Waals surface area contributed by atoms with Crippen LogP contribution in [-0.4, -0.2) is 60.0 Å². The van der Waals surface area contributed by atoms with Crippen molar-refractivity contribution < 1.29 is 19.5 Å². The lowest BCUT2D eigenvalue weighted by atomic mass is 10.3. The second-order valence-electron chi connectivity index (χ2n) is 4.45. The highest BCUT2D eigenvalue weighted by molar-refractivity contribution is 5.85. The number of nitrogens with zero attached hydrogens (tertiary/aromatic N) is 1. The van der Waals surface area contributed by atoms with E-state index in [-0.39, 0.29) is 43.9 Å². The van der Waals surface area contributed by atoms with E-state index in [0.717, 1.165) is 0 Å². The largest absolute Gasteiger partial charge is 0.481 e. The minimum Gasteiger partial charge on any atom is -0.481 e. The van der Waals surface area contributed by atoms with Gasteiger partial charge < -0.3 is 20.6 Å². The molecule has 3 N–H and O–H groups in total. The maximum Gasteiger partial charge on any atom is 0.304 e. The van der Waals surface area contributed by atoms with Crippen LogP contribution in [0.1, 0.15) is 27.2 Å². The van der Waals surface area contributed by atoms with Crippen LogP contribution in [-0.2, 0) is 14.4 Å². The van der Waals surface area contributed by atoms with Gasteiger partial charge in [-0.05, 0) is 20.8 Å². The van der Waals surface area contributed by atoms with Gasteiger partial charge in [-0.2, -0.15) is 0 Å². The molecule has 0 aromatic carbocycles. The third-order valence-electron chi connectivity index (χ3n) is 2.31. The predicted molar refractivity (Wildman–Crippen MR) is 70.7 cm³/mol. The molecule has 0 atom stereocenters. The minimum atomic E-state index is -0.913. The highest BCUT2D eigenvalue weighted by Gasteiger charge is 2.15. The fourth-order valence-corrected chi connectivity index (χ4v) is 1.42. The Morgan fingerprint density at radius 3 is 2.37 bits per heavy atom. The van der Waals surface area contributed by atoms with Crippen molar-refractivity contribution in [3.63, 3.8) is 0 Å².